The van der Waals surface area contributed by atoms with Gasteiger partial charge in [-0.1, -0.05) is 23.7 Å². The van der Waals surface area contributed by atoms with E-state index < -0.39 is 6.04 Å². The number of rotatable bonds is 4. The molecule has 2 aliphatic heterocycles. The number of halogens is 1. The highest BCUT2D eigenvalue weighted by Crippen LogP contribution is 2.24. The SMILES string of the molecule is COC(=O)[C@H]1CNC(=O)N1C1CCN(Cc2ccc(Cl)c(C)c2)CC1. The summed E-state index contributed by atoms with van der Waals surface area (Å²) in [4.78, 5) is 28.1. The smallest absolute Gasteiger partial charge is 0.330 e. The molecule has 136 valence electrons. The highest BCUT2D eigenvalue weighted by atomic mass is 35.5. The first kappa shape index (κ1) is 18.0. The zero-order valence-electron chi connectivity index (χ0n) is 14.6. The minimum atomic E-state index is -0.507. The minimum Gasteiger partial charge on any atom is -0.467 e. The second kappa shape index (κ2) is 7.62. The second-order valence-electron chi connectivity index (χ2n) is 6.72. The number of likely N-dealkylation sites (tertiary alicyclic amines) is 1. The lowest BCUT2D eigenvalue weighted by atomic mass is 10.0. The predicted octanol–water partition coefficient (Wildman–Crippen LogP) is 2.18. The van der Waals surface area contributed by atoms with Gasteiger partial charge in [0, 0.05) is 30.7 Å². The van der Waals surface area contributed by atoms with Crippen molar-refractivity contribution in [1.82, 2.24) is 15.1 Å². The van der Waals surface area contributed by atoms with Gasteiger partial charge in [0.15, 0.2) is 0 Å². The van der Waals surface area contributed by atoms with Gasteiger partial charge in [0.25, 0.3) is 0 Å². The zero-order chi connectivity index (χ0) is 18.0. The predicted molar refractivity (Wildman–Crippen MR) is 95.5 cm³/mol. The number of hydrogen-bond donors (Lipinski definition) is 1. The number of piperidine rings is 1. The van der Waals surface area contributed by atoms with E-state index in [0.29, 0.717) is 6.54 Å². The van der Waals surface area contributed by atoms with Gasteiger partial charge < -0.3 is 15.0 Å². The van der Waals surface area contributed by atoms with Gasteiger partial charge in [-0.3, -0.25) is 4.90 Å². The number of nitrogens with zero attached hydrogens (tertiary/aromatic N) is 2. The van der Waals surface area contributed by atoms with E-state index in [-0.39, 0.29) is 18.0 Å². The van der Waals surface area contributed by atoms with Crippen LogP contribution in [0.3, 0.4) is 0 Å². The van der Waals surface area contributed by atoms with Gasteiger partial charge in [0.05, 0.1) is 13.7 Å². The Kier molecular flexibility index (Phi) is 5.49. The third-order valence-corrected chi connectivity index (χ3v) is 5.49. The molecular weight excluding hydrogens is 342 g/mol. The number of nitrogens with one attached hydrogen (secondary N) is 1. The van der Waals surface area contributed by atoms with Gasteiger partial charge in [-0.25, -0.2) is 9.59 Å². The van der Waals surface area contributed by atoms with Crippen molar-refractivity contribution in [2.24, 2.45) is 0 Å². The van der Waals surface area contributed by atoms with Crippen molar-refractivity contribution in [3.63, 3.8) is 0 Å². The van der Waals surface area contributed by atoms with Crippen molar-refractivity contribution < 1.29 is 14.3 Å². The lowest BCUT2D eigenvalue weighted by Gasteiger charge is -2.37. The third-order valence-electron chi connectivity index (χ3n) is 5.07. The molecule has 2 fully saturated rings. The molecule has 6 nitrogen and oxygen atoms in total. The van der Waals surface area contributed by atoms with Crippen LogP contribution in [0, 0.1) is 6.92 Å². The Morgan fingerprint density at radius 1 is 1.36 bits per heavy atom. The average Bonchev–Trinajstić information content (AvgIpc) is 3.00. The summed E-state index contributed by atoms with van der Waals surface area (Å²) < 4.78 is 4.83. The molecule has 2 heterocycles. The lowest BCUT2D eigenvalue weighted by Crippen LogP contribution is -2.51. The number of benzene rings is 1. The first-order valence-electron chi connectivity index (χ1n) is 8.61. The number of esters is 1. The number of urea groups is 1. The number of carbonyl (C=O) groups is 2. The fourth-order valence-corrected chi connectivity index (χ4v) is 3.80. The maximum atomic E-state index is 12.1. The van der Waals surface area contributed by atoms with E-state index in [1.807, 2.05) is 13.0 Å². The molecule has 2 amide bonds. The lowest BCUT2D eigenvalue weighted by molar-refractivity contribution is -0.145. The van der Waals surface area contributed by atoms with E-state index in [1.54, 1.807) is 4.90 Å². The van der Waals surface area contributed by atoms with Crippen molar-refractivity contribution in [3.05, 3.63) is 34.3 Å². The number of ether oxygens (including phenoxy) is 1. The van der Waals surface area contributed by atoms with Crippen molar-refractivity contribution in [1.29, 1.82) is 0 Å². The zero-order valence-corrected chi connectivity index (χ0v) is 15.4. The van der Waals surface area contributed by atoms with Crippen molar-refractivity contribution >= 4 is 23.6 Å². The first-order chi connectivity index (χ1) is 12.0. The molecule has 0 bridgehead atoms. The van der Waals surface area contributed by atoms with E-state index in [0.717, 1.165) is 43.1 Å². The van der Waals surface area contributed by atoms with Crippen LogP contribution in [0.5, 0.6) is 0 Å². The average molecular weight is 366 g/mol. The van der Waals surface area contributed by atoms with Gasteiger partial charge in [0.2, 0.25) is 0 Å². The Balaban J connectivity index is 1.58. The van der Waals surface area contributed by atoms with E-state index in [1.165, 1.54) is 12.7 Å². The van der Waals surface area contributed by atoms with Crippen LogP contribution in [0.4, 0.5) is 4.79 Å². The molecule has 0 spiro atoms. The number of hydrogen-bond acceptors (Lipinski definition) is 4. The molecule has 2 aliphatic rings. The highest BCUT2D eigenvalue weighted by molar-refractivity contribution is 6.31. The van der Waals surface area contributed by atoms with Crippen LogP contribution >= 0.6 is 11.6 Å². The summed E-state index contributed by atoms with van der Waals surface area (Å²) in [5.74, 6) is -0.350. The molecule has 0 unspecified atom stereocenters. The van der Waals surface area contributed by atoms with Gasteiger partial charge in [-0.05, 0) is 37.0 Å². The highest BCUT2D eigenvalue weighted by Gasteiger charge is 2.41. The van der Waals surface area contributed by atoms with E-state index in [4.69, 9.17) is 16.3 Å². The molecule has 0 radical (unpaired) electrons. The van der Waals surface area contributed by atoms with Crippen LogP contribution in [-0.2, 0) is 16.1 Å². The molecule has 0 saturated carbocycles. The molecule has 0 aromatic heterocycles. The Morgan fingerprint density at radius 2 is 2.08 bits per heavy atom. The summed E-state index contributed by atoms with van der Waals surface area (Å²) in [6, 6.07) is 5.53. The van der Waals surface area contributed by atoms with Crippen LogP contribution in [-0.4, -0.2) is 60.6 Å². The fourth-order valence-electron chi connectivity index (χ4n) is 3.69. The molecule has 1 N–H and O–H groups in total. The number of methoxy groups -OCH3 is 1. The summed E-state index contributed by atoms with van der Waals surface area (Å²) in [6.07, 6.45) is 1.71. The molecule has 3 rings (SSSR count). The van der Waals surface area contributed by atoms with Gasteiger partial charge in [-0.15, -0.1) is 0 Å². The first-order valence-corrected chi connectivity index (χ1v) is 8.98. The topological polar surface area (TPSA) is 61.9 Å². The van der Waals surface area contributed by atoms with Crippen LogP contribution in [0.2, 0.25) is 5.02 Å². The number of amides is 2. The van der Waals surface area contributed by atoms with Gasteiger partial charge in [-0.2, -0.15) is 0 Å². The molecule has 1 aromatic carbocycles. The molecule has 25 heavy (non-hydrogen) atoms. The van der Waals surface area contributed by atoms with Crippen LogP contribution in [0.1, 0.15) is 24.0 Å². The second-order valence-corrected chi connectivity index (χ2v) is 7.13. The number of aryl methyl sites for hydroxylation is 1. The normalized spacial score (nSPS) is 22.1. The molecular formula is C18H24ClN3O3. The summed E-state index contributed by atoms with van der Waals surface area (Å²) in [5, 5.41) is 3.54. The minimum absolute atomic E-state index is 0.0785. The Morgan fingerprint density at radius 3 is 2.72 bits per heavy atom. The van der Waals surface area contributed by atoms with Crippen molar-refractivity contribution in [2.75, 3.05) is 26.7 Å². The van der Waals surface area contributed by atoms with Crippen molar-refractivity contribution in [2.45, 2.75) is 38.4 Å². The van der Waals surface area contributed by atoms with E-state index in [9.17, 15) is 9.59 Å². The summed E-state index contributed by atoms with van der Waals surface area (Å²) in [5.41, 5.74) is 2.33. The van der Waals surface area contributed by atoms with E-state index in [2.05, 4.69) is 22.3 Å². The van der Waals surface area contributed by atoms with Crippen molar-refractivity contribution in [3.8, 4) is 0 Å². The Bertz CT molecular complexity index is 659. The van der Waals surface area contributed by atoms with Gasteiger partial charge in [0.1, 0.15) is 6.04 Å². The third kappa shape index (κ3) is 3.90. The summed E-state index contributed by atoms with van der Waals surface area (Å²) in [7, 11) is 1.36. The Labute approximate surface area is 153 Å². The summed E-state index contributed by atoms with van der Waals surface area (Å²) in [6.45, 7) is 5.00. The molecule has 1 atom stereocenters. The van der Waals surface area contributed by atoms with E-state index >= 15 is 0 Å². The Hall–Kier alpha value is -1.79. The molecule has 7 heteroatoms. The van der Waals surface area contributed by atoms with Crippen LogP contribution in [0.15, 0.2) is 18.2 Å². The maximum Gasteiger partial charge on any atom is 0.330 e. The molecule has 0 aliphatic carbocycles. The molecule has 1 aromatic rings. The van der Waals surface area contributed by atoms with Crippen LogP contribution in [0.25, 0.3) is 0 Å². The van der Waals surface area contributed by atoms with Crippen LogP contribution < -0.4 is 5.32 Å². The standard InChI is InChI=1S/C18H24ClN3O3/c1-12-9-13(3-4-15(12)19)11-21-7-5-14(6-8-21)22-16(17(23)25-2)10-20-18(22)24/h3-4,9,14,16H,5-8,10-11H2,1-2H3,(H,20,24)/t16-/m1/s1. The fraction of sp³-hybridized carbons (Fsp3) is 0.556. The molecule has 2 saturated heterocycles. The number of carbonyl (C=O) groups excluding carboxylic acids is 2. The maximum absolute atomic E-state index is 12.1. The monoisotopic (exact) mass is 365 g/mol. The largest absolute Gasteiger partial charge is 0.467 e. The quantitative estimate of drug-likeness (QED) is 0.831. The summed E-state index contributed by atoms with van der Waals surface area (Å²) >= 11 is 6.09. The van der Waals surface area contributed by atoms with Gasteiger partial charge >= 0.3 is 12.0 Å².